The molecule has 0 radical (unpaired) electrons. The largest absolute Gasteiger partial charge is 0.484 e. The molecule has 1 fully saturated rings. The summed E-state index contributed by atoms with van der Waals surface area (Å²) in [6.45, 7) is 3.67. The fourth-order valence-electron chi connectivity index (χ4n) is 6.06. The minimum Gasteiger partial charge on any atom is -0.484 e. The molecule has 0 bridgehead atoms. The maximum absolute atomic E-state index is 13.6. The van der Waals surface area contributed by atoms with Gasteiger partial charge in [0.05, 0.1) is 28.8 Å². The standard InChI is InChI=1S/C33H37F3N8O3S/c1-19(20-6-9-23(34)10-7-20)47-27-14-21(8-11-26(27)41-48(45,46)32(35)36)29-28-30(43(5)40-29)25(17-38-31(28)37)22-16-39-44(18-22)24-12-13-42(4)33(2,3)15-24/h6-11,14,16-19,24,32,41H,12-13,15H2,1-5H3,(H2,37,38)/t19-,24?/m0/s1/i4D3. The van der Waals surface area contributed by atoms with Crippen molar-refractivity contribution in [3.05, 3.63) is 72.4 Å². The number of ether oxygens (including phenoxy) is 1. The first-order valence-electron chi connectivity index (χ1n) is 16.7. The van der Waals surface area contributed by atoms with Gasteiger partial charge in [-0.25, -0.2) is 17.8 Å². The number of anilines is 2. The summed E-state index contributed by atoms with van der Waals surface area (Å²) in [6.07, 6.45) is 5.64. The summed E-state index contributed by atoms with van der Waals surface area (Å²) in [5.41, 5.74) is 8.99. The van der Waals surface area contributed by atoms with Gasteiger partial charge in [0.15, 0.2) is 0 Å². The van der Waals surface area contributed by atoms with E-state index in [1.165, 1.54) is 42.5 Å². The average Bonchev–Trinajstić information content (AvgIpc) is 3.67. The Balaban J connectivity index is 1.38. The van der Waals surface area contributed by atoms with E-state index in [1.807, 2.05) is 29.4 Å². The van der Waals surface area contributed by atoms with Gasteiger partial charge in [-0.3, -0.25) is 14.1 Å². The van der Waals surface area contributed by atoms with Crippen LogP contribution in [0.4, 0.5) is 24.7 Å². The van der Waals surface area contributed by atoms with Crippen molar-refractivity contribution in [2.75, 3.05) is 24.0 Å². The van der Waals surface area contributed by atoms with E-state index < -0.39 is 40.2 Å². The highest BCUT2D eigenvalue weighted by molar-refractivity contribution is 7.93. The van der Waals surface area contributed by atoms with Crippen LogP contribution in [-0.4, -0.2) is 62.7 Å². The Morgan fingerprint density at radius 1 is 1.15 bits per heavy atom. The van der Waals surface area contributed by atoms with Crippen molar-refractivity contribution in [1.29, 1.82) is 0 Å². The minimum absolute atomic E-state index is 0.0385. The normalized spacial score (nSPS) is 18.8. The monoisotopic (exact) mass is 685 g/mol. The highest BCUT2D eigenvalue weighted by Gasteiger charge is 2.34. The van der Waals surface area contributed by atoms with Gasteiger partial charge in [0.25, 0.3) is 10.0 Å². The molecule has 0 saturated carbocycles. The lowest BCUT2D eigenvalue weighted by Crippen LogP contribution is -2.47. The Kier molecular flexibility index (Phi) is 7.64. The number of rotatable bonds is 9. The van der Waals surface area contributed by atoms with Gasteiger partial charge in [-0.05, 0) is 70.4 Å². The smallest absolute Gasteiger partial charge is 0.355 e. The number of hydrogen-bond acceptors (Lipinski definition) is 8. The van der Waals surface area contributed by atoms with Crippen molar-refractivity contribution in [2.45, 2.75) is 57.1 Å². The zero-order chi connectivity index (χ0) is 37.0. The van der Waals surface area contributed by atoms with Gasteiger partial charge >= 0.3 is 5.76 Å². The number of nitrogens with two attached hydrogens (primary N) is 1. The van der Waals surface area contributed by atoms with Gasteiger partial charge in [-0.15, -0.1) is 0 Å². The molecule has 254 valence electrons. The summed E-state index contributed by atoms with van der Waals surface area (Å²) in [6, 6.07) is 9.69. The second-order valence-corrected chi connectivity index (χ2v) is 14.2. The van der Waals surface area contributed by atoms with E-state index in [9.17, 15) is 21.6 Å². The predicted molar refractivity (Wildman–Crippen MR) is 179 cm³/mol. The lowest BCUT2D eigenvalue weighted by atomic mass is 9.87. The quantitative estimate of drug-likeness (QED) is 0.183. The summed E-state index contributed by atoms with van der Waals surface area (Å²) < 4.78 is 99.8. The van der Waals surface area contributed by atoms with Crippen LogP contribution >= 0.6 is 0 Å². The number of nitrogens with zero attached hydrogens (tertiary/aromatic N) is 6. The molecule has 0 amide bonds. The molecule has 2 atom stereocenters. The molecule has 3 N–H and O–H groups in total. The van der Waals surface area contributed by atoms with E-state index in [-0.39, 0.29) is 23.3 Å². The van der Waals surface area contributed by atoms with Crippen LogP contribution in [0.5, 0.6) is 5.75 Å². The van der Waals surface area contributed by atoms with Crippen molar-refractivity contribution in [3.8, 4) is 28.1 Å². The molecular weight excluding hydrogens is 645 g/mol. The van der Waals surface area contributed by atoms with Gasteiger partial charge in [-0.2, -0.15) is 19.0 Å². The third-order valence-electron chi connectivity index (χ3n) is 8.71. The summed E-state index contributed by atoms with van der Waals surface area (Å²) >= 11 is 0. The fourth-order valence-corrected chi connectivity index (χ4v) is 6.63. The average molecular weight is 686 g/mol. The molecule has 11 nitrogen and oxygen atoms in total. The first-order chi connectivity index (χ1) is 23.9. The number of likely N-dealkylation sites (tertiary alicyclic amines) is 1. The number of nitrogens with one attached hydrogen (secondary N) is 1. The van der Waals surface area contributed by atoms with Gasteiger partial charge in [-0.1, -0.05) is 18.2 Å². The molecule has 2 aromatic carbocycles. The zero-order valence-corrected chi connectivity index (χ0v) is 27.5. The van der Waals surface area contributed by atoms with Crippen LogP contribution in [0.1, 0.15) is 55.4 Å². The third kappa shape index (κ3) is 6.31. The zero-order valence-electron chi connectivity index (χ0n) is 29.7. The molecule has 4 heterocycles. The molecule has 3 aromatic heterocycles. The van der Waals surface area contributed by atoms with Gasteiger partial charge in [0, 0.05) is 52.3 Å². The van der Waals surface area contributed by atoms with Crippen LogP contribution in [0.15, 0.2) is 61.1 Å². The van der Waals surface area contributed by atoms with Crippen LogP contribution in [0.2, 0.25) is 0 Å². The molecule has 1 aliphatic heterocycles. The topological polar surface area (TPSA) is 133 Å². The molecule has 6 rings (SSSR count). The SMILES string of the molecule is [2H]C([2H])([2H])N1CCC(n2cc(-c3cnc(N)c4c(-c5ccc(NS(=O)(=O)C(F)F)c(O[C@@H](C)c6ccc(F)cc6)c5)nn(C)c34)cn2)CC1(C)C. The molecule has 48 heavy (non-hydrogen) atoms. The summed E-state index contributed by atoms with van der Waals surface area (Å²) in [7, 11) is -3.32. The van der Waals surface area contributed by atoms with Crippen LogP contribution in [-0.2, 0) is 17.1 Å². The second-order valence-electron chi connectivity index (χ2n) is 12.5. The van der Waals surface area contributed by atoms with E-state index in [1.54, 1.807) is 35.9 Å². The molecule has 1 unspecified atom stereocenters. The first kappa shape index (κ1) is 29.5. The Labute approximate surface area is 280 Å². The number of sulfonamides is 1. The van der Waals surface area contributed by atoms with Crippen molar-refractivity contribution >= 4 is 32.4 Å². The lowest BCUT2D eigenvalue weighted by molar-refractivity contribution is 0.0719. The molecule has 15 heteroatoms. The highest BCUT2D eigenvalue weighted by atomic mass is 32.2. The van der Waals surface area contributed by atoms with Crippen LogP contribution in [0.3, 0.4) is 0 Å². The summed E-state index contributed by atoms with van der Waals surface area (Å²) in [5, 5.41) is 9.84. The number of fused-ring (bicyclic) bond motifs is 1. The Bertz CT molecular complexity index is 2190. The van der Waals surface area contributed by atoms with Gasteiger partial charge < -0.3 is 15.4 Å². The number of pyridine rings is 1. The maximum Gasteiger partial charge on any atom is 0.355 e. The van der Waals surface area contributed by atoms with E-state index in [4.69, 9.17) is 19.7 Å². The Morgan fingerprint density at radius 3 is 2.58 bits per heavy atom. The molecule has 1 saturated heterocycles. The van der Waals surface area contributed by atoms with Gasteiger partial charge in [0.1, 0.15) is 29.2 Å². The van der Waals surface area contributed by atoms with E-state index in [0.717, 1.165) is 5.56 Å². The van der Waals surface area contributed by atoms with Crippen LogP contribution < -0.4 is 15.2 Å². The number of alkyl halides is 2. The fraction of sp³-hybridized carbons (Fsp3) is 0.364. The minimum atomic E-state index is -5.05. The Morgan fingerprint density at radius 2 is 1.90 bits per heavy atom. The number of aryl methyl sites for hydroxylation is 1. The van der Waals surface area contributed by atoms with Crippen molar-refractivity contribution in [1.82, 2.24) is 29.4 Å². The summed E-state index contributed by atoms with van der Waals surface area (Å²) in [4.78, 5) is 6.00. The summed E-state index contributed by atoms with van der Waals surface area (Å²) in [5.74, 6) is -4.07. The number of nitrogen functional groups attached to an aromatic ring is 1. The number of piperidine rings is 1. The number of halogens is 3. The van der Waals surface area contributed by atoms with Crippen molar-refractivity contribution < 1.29 is 30.4 Å². The molecule has 0 spiro atoms. The molecular formula is C33H37F3N8O3S. The van der Waals surface area contributed by atoms with E-state index >= 15 is 0 Å². The molecule has 1 aliphatic rings. The highest BCUT2D eigenvalue weighted by Crippen LogP contribution is 2.41. The van der Waals surface area contributed by atoms with Crippen LogP contribution in [0, 0.1) is 5.82 Å². The number of aromatic nitrogens is 5. The third-order valence-corrected chi connectivity index (χ3v) is 9.69. The molecule has 5 aromatic rings. The predicted octanol–water partition coefficient (Wildman–Crippen LogP) is 6.37. The van der Waals surface area contributed by atoms with Gasteiger partial charge in [0.2, 0.25) is 0 Å². The van der Waals surface area contributed by atoms with Crippen LogP contribution in [0.25, 0.3) is 33.3 Å². The first-order valence-corrected chi connectivity index (χ1v) is 16.7. The Hall–Kier alpha value is -4.63. The van der Waals surface area contributed by atoms with E-state index in [0.29, 0.717) is 52.7 Å². The number of hydrogen-bond donors (Lipinski definition) is 2. The second kappa shape index (κ2) is 12.4. The maximum atomic E-state index is 13.6. The van der Waals surface area contributed by atoms with Crippen molar-refractivity contribution in [2.24, 2.45) is 7.05 Å². The van der Waals surface area contributed by atoms with E-state index in [2.05, 4.69) is 10.1 Å². The molecule has 0 aliphatic carbocycles. The lowest BCUT2D eigenvalue weighted by Gasteiger charge is -2.43. The van der Waals surface area contributed by atoms with Crippen molar-refractivity contribution in [3.63, 3.8) is 0 Å². The number of benzene rings is 2.